The summed E-state index contributed by atoms with van der Waals surface area (Å²) in [5.74, 6) is -0.921. The van der Waals surface area contributed by atoms with Crippen molar-refractivity contribution in [1.29, 1.82) is 0 Å². The van der Waals surface area contributed by atoms with Crippen LogP contribution in [0.2, 0.25) is 5.02 Å². The van der Waals surface area contributed by atoms with E-state index in [9.17, 15) is 18.0 Å². The molecule has 0 spiro atoms. The monoisotopic (exact) mass is 346 g/mol. The molecule has 0 fully saturated rings. The first-order valence-electron chi connectivity index (χ1n) is 6.78. The fourth-order valence-corrected chi connectivity index (χ4v) is 2.43. The number of amides is 2. The lowest BCUT2D eigenvalue weighted by molar-refractivity contribution is -0.115. The Kier molecular flexibility index (Phi) is 6.83. The summed E-state index contributed by atoms with van der Waals surface area (Å²) in [7, 11) is -3.19. The Labute approximate surface area is 135 Å². The SMILES string of the molecule is CCCNC(=O)c1ccc(NC(=O)CCS(C)(=O)=O)cc1Cl. The van der Waals surface area contributed by atoms with Gasteiger partial charge in [-0.1, -0.05) is 18.5 Å². The van der Waals surface area contributed by atoms with Crippen LogP contribution in [0.1, 0.15) is 30.1 Å². The molecule has 0 bridgehead atoms. The summed E-state index contributed by atoms with van der Waals surface area (Å²) < 4.78 is 22.0. The van der Waals surface area contributed by atoms with Crippen LogP contribution in [0.3, 0.4) is 0 Å². The van der Waals surface area contributed by atoms with Crippen LogP contribution in [-0.2, 0) is 14.6 Å². The molecule has 0 radical (unpaired) electrons. The van der Waals surface area contributed by atoms with E-state index in [2.05, 4.69) is 10.6 Å². The molecule has 122 valence electrons. The summed E-state index contributed by atoms with van der Waals surface area (Å²) in [5.41, 5.74) is 0.736. The number of rotatable bonds is 7. The zero-order chi connectivity index (χ0) is 16.8. The lowest BCUT2D eigenvalue weighted by Crippen LogP contribution is -2.24. The minimum Gasteiger partial charge on any atom is -0.352 e. The largest absolute Gasteiger partial charge is 0.352 e. The van der Waals surface area contributed by atoms with Gasteiger partial charge in [-0.25, -0.2) is 8.42 Å². The number of sulfone groups is 1. The Hall–Kier alpha value is -1.60. The van der Waals surface area contributed by atoms with Crippen LogP contribution in [0.15, 0.2) is 18.2 Å². The number of carbonyl (C=O) groups is 2. The molecule has 6 nitrogen and oxygen atoms in total. The van der Waals surface area contributed by atoms with Crippen molar-refractivity contribution < 1.29 is 18.0 Å². The molecular formula is C14H19ClN2O4S. The van der Waals surface area contributed by atoms with Gasteiger partial charge in [0, 0.05) is 24.9 Å². The molecule has 0 aromatic heterocycles. The standard InChI is InChI=1S/C14H19ClN2O4S/c1-3-7-16-14(19)11-5-4-10(9-12(11)15)17-13(18)6-8-22(2,20)21/h4-5,9H,3,6-8H2,1-2H3,(H,16,19)(H,17,18). The molecule has 0 aliphatic carbocycles. The highest BCUT2D eigenvalue weighted by Gasteiger charge is 2.12. The molecule has 2 amide bonds. The third-order valence-electron chi connectivity index (χ3n) is 2.73. The summed E-state index contributed by atoms with van der Waals surface area (Å²) in [5, 5.41) is 5.47. The van der Waals surface area contributed by atoms with E-state index in [0.29, 0.717) is 17.8 Å². The number of hydrogen-bond donors (Lipinski definition) is 2. The van der Waals surface area contributed by atoms with Gasteiger partial charge in [0.25, 0.3) is 5.91 Å². The predicted octanol–water partition coefficient (Wildman–Crippen LogP) is 1.85. The second kappa shape index (κ2) is 8.14. The van der Waals surface area contributed by atoms with Crippen molar-refractivity contribution in [3.63, 3.8) is 0 Å². The maximum Gasteiger partial charge on any atom is 0.252 e. The number of nitrogens with one attached hydrogen (secondary N) is 2. The van der Waals surface area contributed by atoms with E-state index in [-0.39, 0.29) is 23.1 Å². The maximum absolute atomic E-state index is 11.8. The Balaban J connectivity index is 2.69. The van der Waals surface area contributed by atoms with Crippen molar-refractivity contribution >= 4 is 38.9 Å². The van der Waals surface area contributed by atoms with E-state index in [1.54, 1.807) is 6.07 Å². The van der Waals surface area contributed by atoms with Crippen molar-refractivity contribution in [2.75, 3.05) is 23.9 Å². The van der Waals surface area contributed by atoms with Gasteiger partial charge in [0.05, 0.1) is 16.3 Å². The molecule has 0 heterocycles. The highest BCUT2D eigenvalue weighted by atomic mass is 35.5. The minimum atomic E-state index is -3.19. The lowest BCUT2D eigenvalue weighted by atomic mass is 10.2. The van der Waals surface area contributed by atoms with Gasteiger partial charge in [0.15, 0.2) is 0 Å². The minimum absolute atomic E-state index is 0.130. The fourth-order valence-electron chi connectivity index (χ4n) is 1.61. The van der Waals surface area contributed by atoms with Gasteiger partial charge in [0.2, 0.25) is 5.91 Å². The Bertz CT molecular complexity index is 659. The van der Waals surface area contributed by atoms with E-state index in [1.807, 2.05) is 6.92 Å². The van der Waals surface area contributed by atoms with Crippen LogP contribution >= 0.6 is 11.6 Å². The van der Waals surface area contributed by atoms with Gasteiger partial charge in [-0.2, -0.15) is 0 Å². The normalized spacial score (nSPS) is 11.0. The van der Waals surface area contributed by atoms with Crippen LogP contribution < -0.4 is 10.6 Å². The van der Waals surface area contributed by atoms with E-state index < -0.39 is 15.7 Å². The average Bonchev–Trinajstić information content (AvgIpc) is 2.42. The number of hydrogen-bond acceptors (Lipinski definition) is 4. The first-order chi connectivity index (χ1) is 10.2. The summed E-state index contributed by atoms with van der Waals surface area (Å²) in [6.45, 7) is 2.50. The highest BCUT2D eigenvalue weighted by molar-refractivity contribution is 7.90. The van der Waals surface area contributed by atoms with Gasteiger partial charge >= 0.3 is 0 Å². The van der Waals surface area contributed by atoms with Gasteiger partial charge in [0.1, 0.15) is 9.84 Å². The van der Waals surface area contributed by atoms with Crippen LogP contribution in [-0.4, -0.2) is 38.8 Å². The zero-order valence-electron chi connectivity index (χ0n) is 12.5. The first kappa shape index (κ1) is 18.4. The van der Waals surface area contributed by atoms with Crippen LogP contribution in [0.4, 0.5) is 5.69 Å². The lowest BCUT2D eigenvalue weighted by Gasteiger charge is -2.09. The summed E-state index contributed by atoms with van der Waals surface area (Å²) in [6, 6.07) is 4.52. The van der Waals surface area contributed by atoms with Crippen molar-refractivity contribution in [2.45, 2.75) is 19.8 Å². The molecule has 0 unspecified atom stereocenters. The molecule has 0 saturated carbocycles. The van der Waals surface area contributed by atoms with Crippen LogP contribution in [0.5, 0.6) is 0 Å². The molecule has 1 aromatic rings. The molecule has 22 heavy (non-hydrogen) atoms. The number of benzene rings is 1. The molecule has 0 aliphatic heterocycles. The van der Waals surface area contributed by atoms with Crippen LogP contribution in [0, 0.1) is 0 Å². The average molecular weight is 347 g/mol. The van der Waals surface area contributed by atoms with E-state index in [0.717, 1.165) is 12.7 Å². The summed E-state index contributed by atoms with van der Waals surface area (Å²) in [4.78, 5) is 23.5. The molecule has 0 aliphatic rings. The highest BCUT2D eigenvalue weighted by Crippen LogP contribution is 2.21. The number of anilines is 1. The van der Waals surface area contributed by atoms with E-state index in [1.165, 1.54) is 12.1 Å². The zero-order valence-corrected chi connectivity index (χ0v) is 14.1. The third kappa shape index (κ3) is 6.44. The van der Waals surface area contributed by atoms with Gasteiger partial charge in [-0.3, -0.25) is 9.59 Å². The Morgan fingerprint density at radius 2 is 1.95 bits per heavy atom. The van der Waals surface area contributed by atoms with Crippen molar-refractivity contribution in [1.82, 2.24) is 5.32 Å². The van der Waals surface area contributed by atoms with Crippen molar-refractivity contribution in [2.24, 2.45) is 0 Å². The molecule has 0 atom stereocenters. The number of carbonyl (C=O) groups excluding carboxylic acids is 2. The first-order valence-corrected chi connectivity index (χ1v) is 9.22. The number of halogens is 1. The Morgan fingerprint density at radius 1 is 1.27 bits per heavy atom. The van der Waals surface area contributed by atoms with Gasteiger partial charge in [-0.15, -0.1) is 0 Å². The second-order valence-corrected chi connectivity index (χ2v) is 7.55. The summed E-state index contributed by atoms with van der Waals surface area (Å²) >= 11 is 6.03. The van der Waals surface area contributed by atoms with E-state index in [4.69, 9.17) is 11.6 Å². The van der Waals surface area contributed by atoms with Crippen LogP contribution in [0.25, 0.3) is 0 Å². The van der Waals surface area contributed by atoms with Gasteiger partial charge in [-0.05, 0) is 24.6 Å². The van der Waals surface area contributed by atoms with Crippen molar-refractivity contribution in [3.05, 3.63) is 28.8 Å². The van der Waals surface area contributed by atoms with Gasteiger partial charge < -0.3 is 10.6 Å². The molecular weight excluding hydrogens is 328 g/mol. The smallest absolute Gasteiger partial charge is 0.252 e. The Morgan fingerprint density at radius 3 is 2.50 bits per heavy atom. The predicted molar refractivity (Wildman–Crippen MR) is 87.0 cm³/mol. The second-order valence-electron chi connectivity index (χ2n) is 4.88. The molecule has 2 N–H and O–H groups in total. The maximum atomic E-state index is 11.8. The topological polar surface area (TPSA) is 92.3 Å². The molecule has 1 rings (SSSR count). The molecule has 8 heteroatoms. The van der Waals surface area contributed by atoms with E-state index >= 15 is 0 Å². The third-order valence-corrected chi connectivity index (χ3v) is 3.99. The van der Waals surface area contributed by atoms with Crippen molar-refractivity contribution in [3.8, 4) is 0 Å². The molecule has 0 saturated heterocycles. The summed E-state index contributed by atoms with van der Waals surface area (Å²) in [6.07, 6.45) is 1.76. The fraction of sp³-hybridized carbons (Fsp3) is 0.429. The quantitative estimate of drug-likeness (QED) is 0.788. The molecule has 1 aromatic carbocycles.